The second-order valence-corrected chi connectivity index (χ2v) is 5.62. The van der Waals surface area contributed by atoms with Crippen LogP contribution in [-0.2, 0) is 0 Å². The van der Waals surface area contributed by atoms with Crippen molar-refractivity contribution < 1.29 is 23.4 Å². The second kappa shape index (κ2) is 5.22. The first-order chi connectivity index (χ1) is 9.98. The summed E-state index contributed by atoms with van der Waals surface area (Å²) >= 11 is 0. The largest absolute Gasteiger partial charge is 0.472 e. The molecule has 1 N–H and O–H groups in total. The molecule has 1 aliphatic heterocycles. The summed E-state index contributed by atoms with van der Waals surface area (Å²) in [5, 5.41) is 10.2. The Labute approximate surface area is 120 Å². The maximum Gasteiger partial charge on any atom is 0.272 e. The monoisotopic (exact) mass is 298 g/mol. The number of hydrogen-bond acceptors (Lipinski definition) is 4. The van der Waals surface area contributed by atoms with Crippen molar-refractivity contribution in [1.29, 1.82) is 0 Å². The number of carbonyl (C=O) groups is 1. The van der Waals surface area contributed by atoms with Gasteiger partial charge in [0, 0.05) is 17.8 Å². The van der Waals surface area contributed by atoms with Gasteiger partial charge in [-0.1, -0.05) is 0 Å². The van der Waals surface area contributed by atoms with Crippen LogP contribution in [0.15, 0.2) is 18.3 Å². The highest BCUT2D eigenvalue weighted by atomic mass is 19.3. The molecule has 2 fully saturated rings. The third-order valence-corrected chi connectivity index (χ3v) is 3.89. The fraction of sp³-hybridized carbons (Fsp3) is 0.571. The fourth-order valence-corrected chi connectivity index (χ4v) is 2.59. The zero-order valence-electron chi connectivity index (χ0n) is 11.3. The van der Waals surface area contributed by atoms with E-state index in [0.29, 0.717) is 24.6 Å². The molecule has 0 atom stereocenters. The number of ether oxygens (including phenoxy) is 1. The molecule has 1 aromatic rings. The van der Waals surface area contributed by atoms with Crippen LogP contribution in [0.5, 0.6) is 5.88 Å². The van der Waals surface area contributed by atoms with Crippen molar-refractivity contribution in [1.82, 2.24) is 9.88 Å². The first kappa shape index (κ1) is 14.2. The Morgan fingerprint density at radius 2 is 2.24 bits per heavy atom. The van der Waals surface area contributed by atoms with Gasteiger partial charge < -0.3 is 14.7 Å². The molecule has 21 heavy (non-hydrogen) atoms. The average Bonchev–Trinajstić information content (AvgIpc) is 3.26. The van der Waals surface area contributed by atoms with E-state index in [1.54, 1.807) is 4.90 Å². The number of halogens is 2. The number of β-amino-alcohol motifs (C(OH)–C–C–N with tert-alkyl or cyclic N) is 1. The summed E-state index contributed by atoms with van der Waals surface area (Å²) in [6, 6.07) is 2.85. The molecule has 5 nitrogen and oxygen atoms in total. The third kappa shape index (κ3) is 2.97. The molecule has 7 heteroatoms. The summed E-state index contributed by atoms with van der Waals surface area (Å²) in [4.78, 5) is 17.6. The Bertz CT molecular complexity index is 543. The van der Waals surface area contributed by atoms with Gasteiger partial charge in [0.15, 0.2) is 6.61 Å². The lowest BCUT2D eigenvalue weighted by Crippen LogP contribution is -2.64. The number of rotatable bonds is 5. The molecule has 2 heterocycles. The molecule has 1 aromatic heterocycles. The number of aliphatic hydroxyl groups is 1. The molecule has 1 saturated carbocycles. The van der Waals surface area contributed by atoms with E-state index in [4.69, 9.17) is 4.74 Å². The molecule has 1 amide bonds. The van der Waals surface area contributed by atoms with Crippen LogP contribution in [-0.4, -0.2) is 52.6 Å². The highest BCUT2D eigenvalue weighted by molar-refractivity contribution is 5.95. The minimum atomic E-state index is -2.59. The van der Waals surface area contributed by atoms with Crippen molar-refractivity contribution >= 4 is 5.91 Å². The second-order valence-electron chi connectivity index (χ2n) is 5.62. The van der Waals surface area contributed by atoms with Crippen LogP contribution in [0.2, 0.25) is 0 Å². The number of hydrogen-bond donors (Lipinski definition) is 1. The number of alkyl halides is 2. The minimum Gasteiger partial charge on any atom is -0.472 e. The quantitative estimate of drug-likeness (QED) is 0.890. The van der Waals surface area contributed by atoms with Gasteiger partial charge in [0.05, 0.1) is 13.1 Å². The summed E-state index contributed by atoms with van der Waals surface area (Å²) in [5.41, 5.74) is -0.412. The molecule has 0 spiro atoms. The lowest BCUT2D eigenvalue weighted by atomic mass is 9.88. The Morgan fingerprint density at radius 1 is 1.52 bits per heavy atom. The number of aromatic nitrogens is 1. The molecule has 1 saturated heterocycles. The highest BCUT2D eigenvalue weighted by Crippen LogP contribution is 2.44. The number of amides is 1. The number of nitrogens with zero attached hydrogens (tertiary/aromatic N) is 2. The third-order valence-electron chi connectivity index (χ3n) is 3.89. The fourth-order valence-electron chi connectivity index (χ4n) is 2.59. The summed E-state index contributed by atoms with van der Waals surface area (Å²) < 4.78 is 29.0. The van der Waals surface area contributed by atoms with Gasteiger partial charge >= 0.3 is 0 Å². The Hall–Kier alpha value is -1.76. The molecular weight excluding hydrogens is 282 g/mol. The van der Waals surface area contributed by atoms with E-state index in [-0.39, 0.29) is 11.8 Å². The first-order valence-electron chi connectivity index (χ1n) is 6.86. The van der Waals surface area contributed by atoms with Crippen molar-refractivity contribution in [2.75, 3.05) is 19.7 Å². The predicted molar refractivity (Wildman–Crippen MR) is 69.3 cm³/mol. The van der Waals surface area contributed by atoms with Crippen LogP contribution < -0.4 is 4.74 Å². The molecule has 0 radical (unpaired) electrons. The Balaban J connectivity index is 1.61. The van der Waals surface area contributed by atoms with Crippen LogP contribution in [0.3, 0.4) is 0 Å². The first-order valence-corrected chi connectivity index (χ1v) is 6.86. The van der Waals surface area contributed by atoms with Gasteiger partial charge in [-0.25, -0.2) is 13.8 Å². The molecular formula is C14H16F2N2O3. The summed E-state index contributed by atoms with van der Waals surface area (Å²) in [5.74, 6) is 0.0627. The summed E-state index contributed by atoms with van der Waals surface area (Å²) in [6.07, 6.45) is 0.787. The molecule has 0 aromatic carbocycles. The van der Waals surface area contributed by atoms with Crippen LogP contribution in [0, 0.1) is 5.92 Å². The van der Waals surface area contributed by atoms with Crippen molar-refractivity contribution in [2.24, 2.45) is 5.92 Å². The van der Waals surface area contributed by atoms with Crippen LogP contribution in [0.4, 0.5) is 8.78 Å². The number of carbonyl (C=O) groups excluding carboxylic acids is 1. The van der Waals surface area contributed by atoms with E-state index in [2.05, 4.69) is 4.98 Å². The zero-order chi connectivity index (χ0) is 15.0. The normalized spacial score (nSPS) is 20.3. The van der Waals surface area contributed by atoms with Gasteiger partial charge in [0.25, 0.3) is 12.3 Å². The van der Waals surface area contributed by atoms with Crippen molar-refractivity contribution in [2.45, 2.75) is 24.9 Å². The van der Waals surface area contributed by atoms with Crippen molar-refractivity contribution in [3.8, 4) is 5.88 Å². The topological polar surface area (TPSA) is 62.7 Å². The van der Waals surface area contributed by atoms with Crippen molar-refractivity contribution in [3.63, 3.8) is 0 Å². The lowest BCUT2D eigenvalue weighted by Gasteiger charge is -2.47. The predicted octanol–water partition coefficient (Wildman–Crippen LogP) is 1.32. The standard InChI is InChI=1S/C14H16F2N2O3/c15-11(16)6-21-12-5-9(3-4-17-12)13(19)18-7-14(20,8-18)10-1-2-10/h3-5,10-11,20H,1-2,6-8H2. The van der Waals surface area contributed by atoms with Gasteiger partial charge in [0.1, 0.15) is 5.60 Å². The van der Waals surface area contributed by atoms with E-state index in [9.17, 15) is 18.7 Å². The molecule has 1 aliphatic carbocycles. The molecule has 2 aliphatic rings. The van der Waals surface area contributed by atoms with Crippen LogP contribution in [0.25, 0.3) is 0 Å². The lowest BCUT2D eigenvalue weighted by molar-refractivity contribution is -0.0958. The van der Waals surface area contributed by atoms with Gasteiger partial charge in [-0.15, -0.1) is 0 Å². The van der Waals surface area contributed by atoms with Gasteiger partial charge in [0.2, 0.25) is 5.88 Å². The zero-order valence-corrected chi connectivity index (χ0v) is 11.3. The highest BCUT2D eigenvalue weighted by Gasteiger charge is 2.53. The summed E-state index contributed by atoms with van der Waals surface area (Å²) in [7, 11) is 0. The molecule has 0 bridgehead atoms. The Kier molecular flexibility index (Phi) is 3.52. The average molecular weight is 298 g/mol. The van der Waals surface area contributed by atoms with Gasteiger partial charge in [-0.2, -0.15) is 0 Å². The van der Waals surface area contributed by atoms with Crippen LogP contribution >= 0.6 is 0 Å². The maximum atomic E-state index is 12.2. The van der Waals surface area contributed by atoms with E-state index >= 15 is 0 Å². The minimum absolute atomic E-state index is 0.000807. The van der Waals surface area contributed by atoms with E-state index in [1.807, 2.05) is 0 Å². The number of pyridine rings is 1. The summed E-state index contributed by atoms with van der Waals surface area (Å²) in [6.45, 7) is -0.103. The smallest absolute Gasteiger partial charge is 0.272 e. The van der Waals surface area contributed by atoms with Gasteiger partial charge in [-0.3, -0.25) is 4.79 Å². The van der Waals surface area contributed by atoms with Crippen molar-refractivity contribution in [3.05, 3.63) is 23.9 Å². The van der Waals surface area contributed by atoms with Gasteiger partial charge in [-0.05, 0) is 24.8 Å². The number of likely N-dealkylation sites (tertiary alicyclic amines) is 1. The van der Waals surface area contributed by atoms with Crippen LogP contribution in [0.1, 0.15) is 23.2 Å². The van der Waals surface area contributed by atoms with E-state index < -0.39 is 18.6 Å². The molecule has 0 unspecified atom stereocenters. The molecule has 114 valence electrons. The van der Waals surface area contributed by atoms with E-state index in [0.717, 1.165) is 12.8 Å². The SMILES string of the molecule is O=C(c1ccnc(OCC(F)F)c1)N1CC(O)(C2CC2)C1. The molecule has 3 rings (SSSR count). The van der Waals surface area contributed by atoms with E-state index in [1.165, 1.54) is 18.3 Å². The Morgan fingerprint density at radius 3 is 2.86 bits per heavy atom. The maximum absolute atomic E-state index is 12.2.